The van der Waals surface area contributed by atoms with E-state index in [4.69, 9.17) is 4.74 Å². The molecule has 25 heavy (non-hydrogen) atoms. The highest BCUT2D eigenvalue weighted by Crippen LogP contribution is 2.29. The Hall–Kier alpha value is -2.82. The van der Waals surface area contributed by atoms with E-state index < -0.39 is 11.8 Å². The molecule has 0 atom stereocenters. The minimum atomic E-state index is -0.715. The topological polar surface area (TPSA) is 67.4 Å². The van der Waals surface area contributed by atoms with E-state index >= 15 is 0 Å². The number of rotatable bonds is 4. The number of hydrogen-bond donors (Lipinski definition) is 2. The van der Waals surface area contributed by atoms with Gasteiger partial charge < -0.3 is 15.4 Å². The first-order valence-corrected chi connectivity index (χ1v) is 8.26. The van der Waals surface area contributed by atoms with Crippen LogP contribution in [-0.4, -0.2) is 18.4 Å². The SMILES string of the molecule is CCOc1ccc(NC(=O)C(=O)Nc2ccccc2C(C)(C)C)cc1. The van der Waals surface area contributed by atoms with Crippen LogP contribution < -0.4 is 15.4 Å². The first-order chi connectivity index (χ1) is 11.8. The Kier molecular flexibility index (Phi) is 5.80. The molecule has 0 bridgehead atoms. The molecule has 0 spiro atoms. The van der Waals surface area contributed by atoms with Gasteiger partial charge in [0.15, 0.2) is 0 Å². The van der Waals surface area contributed by atoms with Crippen molar-refractivity contribution in [2.24, 2.45) is 0 Å². The number of anilines is 2. The van der Waals surface area contributed by atoms with Crippen molar-refractivity contribution in [1.82, 2.24) is 0 Å². The van der Waals surface area contributed by atoms with Crippen LogP contribution in [0.3, 0.4) is 0 Å². The fourth-order valence-electron chi connectivity index (χ4n) is 2.41. The van der Waals surface area contributed by atoms with E-state index in [0.29, 0.717) is 23.7 Å². The van der Waals surface area contributed by atoms with Crippen molar-refractivity contribution in [3.05, 3.63) is 54.1 Å². The summed E-state index contributed by atoms with van der Waals surface area (Å²) in [4.78, 5) is 24.4. The van der Waals surface area contributed by atoms with Gasteiger partial charge in [-0.1, -0.05) is 39.0 Å². The van der Waals surface area contributed by atoms with Crippen LogP contribution in [0, 0.1) is 0 Å². The van der Waals surface area contributed by atoms with Crippen LogP contribution in [0.15, 0.2) is 48.5 Å². The summed E-state index contributed by atoms with van der Waals surface area (Å²) < 4.78 is 5.35. The van der Waals surface area contributed by atoms with Gasteiger partial charge >= 0.3 is 11.8 Å². The molecule has 2 aromatic carbocycles. The van der Waals surface area contributed by atoms with Crippen molar-refractivity contribution < 1.29 is 14.3 Å². The number of carbonyl (C=O) groups is 2. The molecule has 5 heteroatoms. The lowest BCUT2D eigenvalue weighted by Crippen LogP contribution is -2.30. The quantitative estimate of drug-likeness (QED) is 0.828. The number of ether oxygens (including phenoxy) is 1. The maximum Gasteiger partial charge on any atom is 0.314 e. The molecule has 2 N–H and O–H groups in total. The minimum absolute atomic E-state index is 0.143. The minimum Gasteiger partial charge on any atom is -0.494 e. The molecule has 0 fully saturated rings. The highest BCUT2D eigenvalue weighted by molar-refractivity contribution is 6.43. The Balaban J connectivity index is 2.05. The molecule has 132 valence electrons. The van der Waals surface area contributed by atoms with Gasteiger partial charge in [0.1, 0.15) is 5.75 Å². The molecule has 5 nitrogen and oxygen atoms in total. The van der Waals surface area contributed by atoms with E-state index in [1.54, 1.807) is 30.3 Å². The van der Waals surface area contributed by atoms with Crippen LogP contribution in [0.2, 0.25) is 0 Å². The first-order valence-electron chi connectivity index (χ1n) is 8.26. The Labute approximate surface area is 148 Å². The number of hydrogen-bond acceptors (Lipinski definition) is 3. The molecule has 0 saturated carbocycles. The van der Waals surface area contributed by atoms with Crippen molar-refractivity contribution in [3.8, 4) is 5.75 Å². The fraction of sp³-hybridized carbons (Fsp3) is 0.300. The summed E-state index contributed by atoms with van der Waals surface area (Å²) in [6.45, 7) is 8.63. The van der Waals surface area contributed by atoms with Crippen LogP contribution >= 0.6 is 0 Å². The lowest BCUT2D eigenvalue weighted by atomic mass is 9.86. The van der Waals surface area contributed by atoms with Crippen LogP contribution in [-0.2, 0) is 15.0 Å². The molecule has 2 amide bonds. The van der Waals surface area contributed by atoms with E-state index in [0.717, 1.165) is 5.56 Å². The summed E-state index contributed by atoms with van der Waals surface area (Å²) in [7, 11) is 0. The zero-order chi connectivity index (χ0) is 18.4. The Bertz CT molecular complexity index is 746. The average Bonchev–Trinajstić information content (AvgIpc) is 2.56. The van der Waals surface area contributed by atoms with Crippen molar-refractivity contribution in [2.75, 3.05) is 17.2 Å². The number of para-hydroxylation sites is 1. The molecule has 0 aliphatic heterocycles. The van der Waals surface area contributed by atoms with E-state index in [1.165, 1.54) is 0 Å². The van der Waals surface area contributed by atoms with Gasteiger partial charge in [-0.3, -0.25) is 9.59 Å². The smallest absolute Gasteiger partial charge is 0.314 e. The molecular weight excluding hydrogens is 316 g/mol. The third kappa shape index (κ3) is 5.08. The van der Waals surface area contributed by atoms with E-state index in [-0.39, 0.29) is 5.41 Å². The number of nitrogens with one attached hydrogen (secondary N) is 2. The summed E-state index contributed by atoms with van der Waals surface area (Å²) in [5.41, 5.74) is 2.00. The normalized spacial score (nSPS) is 10.9. The number of carbonyl (C=O) groups excluding carboxylic acids is 2. The second-order valence-corrected chi connectivity index (χ2v) is 6.66. The predicted molar refractivity (Wildman–Crippen MR) is 100 cm³/mol. The van der Waals surface area contributed by atoms with Gasteiger partial charge in [-0.2, -0.15) is 0 Å². The standard InChI is InChI=1S/C20H24N2O3/c1-5-25-15-12-10-14(11-13-15)21-18(23)19(24)22-17-9-7-6-8-16(17)20(2,3)4/h6-13H,5H2,1-4H3,(H,21,23)(H,22,24). The molecule has 0 aromatic heterocycles. The van der Waals surface area contributed by atoms with Crippen LogP contribution in [0.5, 0.6) is 5.75 Å². The molecule has 2 rings (SSSR count). The highest BCUT2D eigenvalue weighted by Gasteiger charge is 2.21. The van der Waals surface area contributed by atoms with Crippen molar-refractivity contribution in [1.29, 1.82) is 0 Å². The largest absolute Gasteiger partial charge is 0.494 e. The van der Waals surface area contributed by atoms with Gasteiger partial charge in [-0.15, -0.1) is 0 Å². The summed E-state index contributed by atoms with van der Waals surface area (Å²) >= 11 is 0. The van der Waals surface area contributed by atoms with E-state index in [2.05, 4.69) is 31.4 Å². The van der Waals surface area contributed by atoms with Gasteiger partial charge in [0, 0.05) is 11.4 Å². The Morgan fingerprint density at radius 3 is 2.12 bits per heavy atom. The maximum atomic E-state index is 12.2. The highest BCUT2D eigenvalue weighted by atomic mass is 16.5. The maximum absolute atomic E-state index is 12.2. The van der Waals surface area contributed by atoms with Crippen LogP contribution in [0.1, 0.15) is 33.3 Å². The van der Waals surface area contributed by atoms with Gasteiger partial charge in [-0.25, -0.2) is 0 Å². The predicted octanol–water partition coefficient (Wildman–Crippen LogP) is 3.96. The van der Waals surface area contributed by atoms with Crippen molar-refractivity contribution in [2.45, 2.75) is 33.1 Å². The third-order valence-electron chi connectivity index (χ3n) is 3.61. The van der Waals surface area contributed by atoms with Gasteiger partial charge in [-0.05, 0) is 48.2 Å². The zero-order valence-electron chi connectivity index (χ0n) is 15.1. The molecular formula is C20H24N2O3. The second-order valence-electron chi connectivity index (χ2n) is 6.66. The average molecular weight is 340 g/mol. The molecule has 0 saturated heterocycles. The summed E-state index contributed by atoms with van der Waals surface area (Å²) in [6, 6.07) is 14.4. The van der Waals surface area contributed by atoms with E-state index in [1.807, 2.05) is 25.1 Å². The van der Waals surface area contributed by atoms with E-state index in [9.17, 15) is 9.59 Å². The number of benzene rings is 2. The Morgan fingerprint density at radius 1 is 0.920 bits per heavy atom. The molecule has 0 aliphatic carbocycles. The summed E-state index contributed by atoms with van der Waals surface area (Å²) in [6.07, 6.45) is 0. The summed E-state index contributed by atoms with van der Waals surface area (Å²) in [5.74, 6) is -0.706. The van der Waals surface area contributed by atoms with Gasteiger partial charge in [0.25, 0.3) is 0 Å². The lowest BCUT2D eigenvalue weighted by molar-refractivity contribution is -0.133. The fourth-order valence-corrected chi connectivity index (χ4v) is 2.41. The molecule has 2 aromatic rings. The summed E-state index contributed by atoms with van der Waals surface area (Å²) in [5, 5.41) is 5.28. The van der Waals surface area contributed by atoms with Gasteiger partial charge in [0.05, 0.1) is 6.61 Å². The molecule has 0 radical (unpaired) electrons. The molecule has 0 aliphatic rings. The Morgan fingerprint density at radius 2 is 1.52 bits per heavy atom. The lowest BCUT2D eigenvalue weighted by Gasteiger charge is -2.22. The van der Waals surface area contributed by atoms with Gasteiger partial charge in [0.2, 0.25) is 0 Å². The van der Waals surface area contributed by atoms with Crippen molar-refractivity contribution in [3.63, 3.8) is 0 Å². The molecule has 0 heterocycles. The zero-order valence-corrected chi connectivity index (χ0v) is 15.1. The molecule has 0 unspecified atom stereocenters. The van der Waals surface area contributed by atoms with Crippen molar-refractivity contribution >= 4 is 23.2 Å². The second kappa shape index (κ2) is 7.83. The first kappa shape index (κ1) is 18.5. The van der Waals surface area contributed by atoms with Crippen LogP contribution in [0.4, 0.5) is 11.4 Å². The van der Waals surface area contributed by atoms with Crippen LogP contribution in [0.25, 0.3) is 0 Å². The third-order valence-corrected chi connectivity index (χ3v) is 3.61. The number of amides is 2. The monoisotopic (exact) mass is 340 g/mol.